The van der Waals surface area contributed by atoms with E-state index in [2.05, 4.69) is 11.1 Å². The largest absolute Gasteiger partial charge is 0.374 e. The van der Waals surface area contributed by atoms with Gasteiger partial charge in [0.2, 0.25) is 0 Å². The van der Waals surface area contributed by atoms with E-state index in [9.17, 15) is 4.79 Å². The first-order chi connectivity index (χ1) is 15.9. The van der Waals surface area contributed by atoms with Crippen LogP contribution in [0.15, 0.2) is 42.5 Å². The average molecular weight is 443 g/mol. The number of methoxy groups -OCH3 is 1. The highest BCUT2D eigenvalue weighted by Crippen LogP contribution is 2.35. The number of carbonyl (C=O) groups is 1. The number of aromatic amines is 1. The summed E-state index contributed by atoms with van der Waals surface area (Å²) in [5, 5.41) is 8.97. The van der Waals surface area contributed by atoms with Crippen LogP contribution in [0.1, 0.15) is 44.5 Å². The van der Waals surface area contributed by atoms with Gasteiger partial charge in [-0.2, -0.15) is 5.26 Å². The van der Waals surface area contributed by atoms with Crippen LogP contribution in [0.25, 0.3) is 11.3 Å². The van der Waals surface area contributed by atoms with Crippen LogP contribution in [0.5, 0.6) is 0 Å². The van der Waals surface area contributed by atoms with Crippen molar-refractivity contribution >= 4 is 5.91 Å². The summed E-state index contributed by atoms with van der Waals surface area (Å²) in [6.45, 7) is 6.32. The Kier molecular flexibility index (Phi) is 5.28. The van der Waals surface area contributed by atoms with Crippen molar-refractivity contribution in [2.24, 2.45) is 0 Å². The summed E-state index contributed by atoms with van der Waals surface area (Å²) in [5.74, 6) is 1.08. The molecule has 5 rings (SSSR count). The van der Waals surface area contributed by atoms with Gasteiger partial charge in [0.05, 0.1) is 30.5 Å². The number of amides is 1. The third kappa shape index (κ3) is 3.62. The number of likely N-dealkylation sites (tertiary alicyclic amines) is 1. The van der Waals surface area contributed by atoms with E-state index < -0.39 is 5.60 Å². The van der Waals surface area contributed by atoms with Crippen molar-refractivity contribution in [3.05, 3.63) is 76.2 Å². The molecule has 3 heterocycles. The van der Waals surface area contributed by atoms with Crippen molar-refractivity contribution in [2.75, 3.05) is 33.4 Å². The number of benzene rings is 2. The fraction of sp³-hybridized carbons (Fsp3) is 0.346. The predicted octanol–water partition coefficient (Wildman–Crippen LogP) is 3.68. The van der Waals surface area contributed by atoms with E-state index in [1.165, 1.54) is 0 Å². The molecular weight excluding hydrogens is 416 g/mol. The Morgan fingerprint density at radius 1 is 1.21 bits per heavy atom. The Balaban J connectivity index is 1.35. The molecule has 7 heteroatoms. The van der Waals surface area contributed by atoms with Gasteiger partial charge in [-0.1, -0.05) is 18.2 Å². The molecule has 2 saturated heterocycles. The first-order valence-corrected chi connectivity index (χ1v) is 11.0. The molecule has 1 amide bonds. The van der Waals surface area contributed by atoms with Gasteiger partial charge in [-0.05, 0) is 49.2 Å². The number of nitrogens with one attached hydrogen (secondary N) is 1. The molecule has 0 spiro atoms. The first-order valence-electron chi connectivity index (χ1n) is 11.0. The van der Waals surface area contributed by atoms with E-state index in [1.54, 1.807) is 7.11 Å². The maximum absolute atomic E-state index is 13.2. The molecule has 2 fully saturated rings. The minimum Gasteiger partial charge on any atom is -0.374 e. The minimum absolute atomic E-state index is 0.0234. The summed E-state index contributed by atoms with van der Waals surface area (Å²) in [6, 6.07) is 15.6. The number of imidazole rings is 1. The molecule has 2 aliphatic rings. The first kappa shape index (κ1) is 21.4. The number of nitrogens with zero attached hydrogens (tertiary/aromatic N) is 3. The summed E-state index contributed by atoms with van der Waals surface area (Å²) in [6.07, 6.45) is 0. The number of nitriles is 1. The van der Waals surface area contributed by atoms with Crippen LogP contribution in [0.4, 0.5) is 0 Å². The summed E-state index contributed by atoms with van der Waals surface area (Å²) >= 11 is 0. The molecule has 3 aromatic rings. The number of ether oxygens (including phenoxy) is 2. The van der Waals surface area contributed by atoms with Crippen LogP contribution in [0.2, 0.25) is 0 Å². The summed E-state index contributed by atoms with van der Waals surface area (Å²) in [4.78, 5) is 23.2. The van der Waals surface area contributed by atoms with Crippen molar-refractivity contribution in [3.63, 3.8) is 0 Å². The van der Waals surface area contributed by atoms with Gasteiger partial charge >= 0.3 is 0 Å². The molecule has 0 atom stereocenters. The van der Waals surface area contributed by atoms with Crippen LogP contribution in [0, 0.1) is 25.2 Å². The topological polar surface area (TPSA) is 91.2 Å². The van der Waals surface area contributed by atoms with E-state index in [4.69, 9.17) is 19.7 Å². The number of hydrogen-bond donors (Lipinski definition) is 1. The van der Waals surface area contributed by atoms with Gasteiger partial charge in [0.15, 0.2) is 5.60 Å². The van der Waals surface area contributed by atoms with Crippen LogP contribution < -0.4 is 0 Å². The van der Waals surface area contributed by atoms with Crippen LogP contribution in [-0.2, 0) is 15.1 Å². The lowest BCUT2D eigenvalue weighted by Crippen LogP contribution is -2.49. The van der Waals surface area contributed by atoms with E-state index in [0.29, 0.717) is 43.3 Å². The molecule has 7 nitrogen and oxygen atoms in total. The molecule has 1 N–H and O–H groups in total. The maximum Gasteiger partial charge on any atom is 0.253 e. The van der Waals surface area contributed by atoms with Crippen molar-refractivity contribution in [1.29, 1.82) is 5.26 Å². The highest BCUT2D eigenvalue weighted by Gasteiger charge is 2.44. The number of aryl methyl sites for hydroxylation is 2. The summed E-state index contributed by atoms with van der Waals surface area (Å²) in [7, 11) is 1.67. The Morgan fingerprint density at radius 2 is 1.94 bits per heavy atom. The SMILES string of the molecule is COC1(c2nc(-c3cc(C(=O)N4CC(c5ccc(C#N)cc5)C4)ccc3C)c(C)[nH]2)COC1. The smallest absolute Gasteiger partial charge is 0.253 e. The number of carbonyl (C=O) groups excluding carboxylic acids is 1. The van der Waals surface area contributed by atoms with Crippen LogP contribution in [0.3, 0.4) is 0 Å². The minimum atomic E-state index is -0.525. The number of hydrogen-bond acceptors (Lipinski definition) is 5. The van der Waals surface area contributed by atoms with Crippen LogP contribution in [-0.4, -0.2) is 54.2 Å². The van der Waals surface area contributed by atoms with Crippen molar-refractivity contribution in [1.82, 2.24) is 14.9 Å². The molecular formula is C26H26N4O3. The molecule has 0 bridgehead atoms. The summed E-state index contributed by atoms with van der Waals surface area (Å²) < 4.78 is 11.0. The van der Waals surface area contributed by atoms with E-state index >= 15 is 0 Å². The lowest BCUT2D eigenvalue weighted by molar-refractivity contribution is -0.206. The number of H-pyrrole nitrogens is 1. The third-order valence-corrected chi connectivity index (χ3v) is 6.80. The molecule has 0 aliphatic carbocycles. The van der Waals surface area contributed by atoms with Crippen LogP contribution >= 0.6 is 0 Å². The van der Waals surface area contributed by atoms with Gasteiger partial charge in [-0.3, -0.25) is 4.79 Å². The van der Waals surface area contributed by atoms with Gasteiger partial charge in [-0.25, -0.2) is 4.98 Å². The highest BCUT2D eigenvalue weighted by atomic mass is 16.6. The molecule has 168 valence electrons. The fourth-order valence-corrected chi connectivity index (χ4v) is 4.45. The zero-order valence-electron chi connectivity index (χ0n) is 19.0. The quantitative estimate of drug-likeness (QED) is 0.651. The average Bonchev–Trinajstić information content (AvgIpc) is 3.14. The lowest BCUT2D eigenvalue weighted by Gasteiger charge is -2.39. The Bertz CT molecular complexity index is 1240. The van der Waals surface area contributed by atoms with Gasteiger partial charge in [0.1, 0.15) is 5.82 Å². The van der Waals surface area contributed by atoms with Gasteiger partial charge < -0.3 is 19.4 Å². The van der Waals surface area contributed by atoms with Crippen molar-refractivity contribution in [3.8, 4) is 17.3 Å². The number of rotatable bonds is 5. The van der Waals surface area contributed by atoms with E-state index in [0.717, 1.165) is 33.9 Å². The van der Waals surface area contributed by atoms with Gasteiger partial charge in [0, 0.05) is 42.9 Å². The summed E-state index contributed by atoms with van der Waals surface area (Å²) in [5.41, 5.74) is 5.71. The van der Waals surface area contributed by atoms with Crippen molar-refractivity contribution in [2.45, 2.75) is 25.4 Å². The normalized spacial score (nSPS) is 17.2. The Hall–Kier alpha value is -3.47. The maximum atomic E-state index is 13.2. The number of aromatic nitrogens is 2. The zero-order chi connectivity index (χ0) is 23.2. The molecule has 1 aromatic heterocycles. The second-order valence-electron chi connectivity index (χ2n) is 8.92. The van der Waals surface area contributed by atoms with Crippen molar-refractivity contribution < 1.29 is 14.3 Å². The predicted molar refractivity (Wildman–Crippen MR) is 123 cm³/mol. The highest BCUT2D eigenvalue weighted by molar-refractivity contribution is 5.96. The molecule has 2 aliphatic heterocycles. The standard InChI is InChI=1S/C26H26N4O3/c1-16-4-7-20(24(31)30-12-21(13-30)19-8-5-18(11-27)6-9-19)10-22(16)23-17(2)28-25(29-23)26(32-3)14-33-15-26/h4-10,21H,12-15H2,1-3H3,(H,28,29). The zero-order valence-corrected chi connectivity index (χ0v) is 19.0. The monoisotopic (exact) mass is 442 g/mol. The van der Waals surface area contributed by atoms with E-state index in [1.807, 2.05) is 61.2 Å². The Morgan fingerprint density at radius 3 is 2.55 bits per heavy atom. The molecule has 0 radical (unpaired) electrons. The Labute approximate surface area is 193 Å². The second kappa shape index (κ2) is 8.14. The molecule has 2 aromatic carbocycles. The van der Waals surface area contributed by atoms with Gasteiger partial charge in [0.25, 0.3) is 5.91 Å². The molecule has 0 saturated carbocycles. The van der Waals surface area contributed by atoms with E-state index in [-0.39, 0.29) is 5.91 Å². The van der Waals surface area contributed by atoms with Gasteiger partial charge in [-0.15, -0.1) is 0 Å². The fourth-order valence-electron chi connectivity index (χ4n) is 4.45. The third-order valence-electron chi connectivity index (χ3n) is 6.80. The second-order valence-corrected chi connectivity index (χ2v) is 8.92. The molecule has 33 heavy (non-hydrogen) atoms. The lowest BCUT2D eigenvalue weighted by atomic mass is 9.90. The molecule has 0 unspecified atom stereocenters.